The first-order valence-electron chi connectivity index (χ1n) is 10.4. The predicted molar refractivity (Wildman–Crippen MR) is 130 cm³/mol. The average Bonchev–Trinajstić information content (AvgIpc) is 2.75. The van der Waals surface area contributed by atoms with Gasteiger partial charge >= 0.3 is 0 Å². The lowest BCUT2D eigenvalue weighted by molar-refractivity contribution is 0.463. The molecule has 0 N–H and O–H groups in total. The Labute approximate surface area is 180 Å². The predicted octanol–water partition coefficient (Wildman–Crippen LogP) is 6.36. The first kappa shape index (κ1) is 26.2. The first-order valence-corrected chi connectivity index (χ1v) is 16.3. The van der Waals surface area contributed by atoms with E-state index in [1.54, 1.807) is 11.6 Å². The second-order valence-electron chi connectivity index (χ2n) is 7.14. The Kier molecular flexibility index (Phi) is 12.2. The molecule has 0 aliphatic rings. The van der Waals surface area contributed by atoms with Crippen LogP contribution in [0.5, 0.6) is 0 Å². The molecule has 0 amide bonds. The van der Waals surface area contributed by atoms with Gasteiger partial charge in [0.2, 0.25) is 0 Å². The van der Waals surface area contributed by atoms with E-state index >= 15 is 0 Å². The summed E-state index contributed by atoms with van der Waals surface area (Å²) in [7, 11) is -4.68. The van der Waals surface area contributed by atoms with Crippen molar-refractivity contribution in [2.45, 2.75) is 38.8 Å². The number of rotatable bonds is 10. The summed E-state index contributed by atoms with van der Waals surface area (Å²) in [6.45, 7) is 9.62. The van der Waals surface area contributed by atoms with E-state index < -0.39 is 17.4 Å². The van der Waals surface area contributed by atoms with Crippen LogP contribution in [0.1, 0.15) is 33.3 Å². The molecule has 0 unspecified atom stereocenters. The van der Waals surface area contributed by atoms with E-state index in [-0.39, 0.29) is 4.90 Å². The largest absolute Gasteiger partial charge is 0.744 e. The zero-order chi connectivity index (χ0) is 21.8. The Morgan fingerprint density at radius 2 is 1.31 bits per heavy atom. The van der Waals surface area contributed by atoms with Gasteiger partial charge in [0, 0.05) is 13.4 Å². The van der Waals surface area contributed by atoms with Gasteiger partial charge in [0.15, 0.2) is 0 Å². The molecular formula is C23H36O3P2S. The van der Waals surface area contributed by atoms with Crippen molar-refractivity contribution in [3.63, 3.8) is 0 Å². The third kappa shape index (κ3) is 9.71. The number of benzene rings is 2. The summed E-state index contributed by atoms with van der Waals surface area (Å²) in [5.41, 5.74) is 1.57. The van der Waals surface area contributed by atoms with Gasteiger partial charge in [-0.3, -0.25) is 0 Å². The van der Waals surface area contributed by atoms with Crippen LogP contribution in [-0.4, -0.2) is 49.9 Å². The highest BCUT2D eigenvalue weighted by Crippen LogP contribution is 2.62. The second-order valence-corrected chi connectivity index (χ2v) is 16.3. The Balaban J connectivity index is 0.000000352. The molecule has 6 heteroatoms. The van der Waals surface area contributed by atoms with Crippen LogP contribution >= 0.6 is 15.2 Å². The summed E-state index contributed by atoms with van der Waals surface area (Å²) in [5.74, 6) is 0. The minimum atomic E-state index is -4.25. The summed E-state index contributed by atoms with van der Waals surface area (Å²) in [6.07, 6.45) is 10.1. The molecule has 0 atom stereocenters. The highest BCUT2D eigenvalue weighted by atomic mass is 32.2. The maximum atomic E-state index is 10.3. The van der Waals surface area contributed by atoms with E-state index in [1.165, 1.54) is 67.4 Å². The normalized spacial score (nSPS) is 11.8. The smallest absolute Gasteiger partial charge is 0.124 e. The molecular weight excluding hydrogens is 418 g/mol. The molecule has 0 aliphatic heterocycles. The number of hydrogen-bond acceptors (Lipinski definition) is 3. The minimum Gasteiger partial charge on any atom is -0.744 e. The van der Waals surface area contributed by atoms with E-state index in [4.69, 9.17) is 0 Å². The van der Waals surface area contributed by atoms with E-state index in [2.05, 4.69) is 58.0 Å². The van der Waals surface area contributed by atoms with Crippen molar-refractivity contribution in [2.75, 3.05) is 37.0 Å². The SMILES string of the molecule is CCP(CC)CC[P+](CC)(CC)Cc1ccccc1.O=S(=O)([O-])c1ccccc1. The summed E-state index contributed by atoms with van der Waals surface area (Å²) in [4.78, 5) is -0.185. The van der Waals surface area contributed by atoms with E-state index in [1.807, 2.05) is 0 Å². The summed E-state index contributed by atoms with van der Waals surface area (Å²) in [6, 6.07) is 18.4. The molecule has 0 heterocycles. The van der Waals surface area contributed by atoms with Crippen LogP contribution < -0.4 is 0 Å². The molecule has 0 aliphatic carbocycles. The van der Waals surface area contributed by atoms with Crippen LogP contribution in [-0.2, 0) is 16.3 Å². The lowest BCUT2D eigenvalue weighted by atomic mass is 10.2. The maximum absolute atomic E-state index is 10.3. The van der Waals surface area contributed by atoms with Crippen LogP contribution in [0.3, 0.4) is 0 Å². The molecule has 0 radical (unpaired) electrons. The molecule has 0 fully saturated rings. The maximum Gasteiger partial charge on any atom is 0.124 e. The van der Waals surface area contributed by atoms with Crippen molar-refractivity contribution in [2.24, 2.45) is 0 Å². The van der Waals surface area contributed by atoms with Crippen molar-refractivity contribution in [1.29, 1.82) is 0 Å². The molecule has 2 aromatic carbocycles. The van der Waals surface area contributed by atoms with Crippen LogP contribution in [0.2, 0.25) is 0 Å². The average molecular weight is 455 g/mol. The zero-order valence-electron chi connectivity index (χ0n) is 18.3. The fourth-order valence-electron chi connectivity index (χ4n) is 3.29. The lowest BCUT2D eigenvalue weighted by Crippen LogP contribution is -2.11. The van der Waals surface area contributed by atoms with Gasteiger partial charge in [-0.25, -0.2) is 8.42 Å². The fourth-order valence-corrected chi connectivity index (χ4v) is 10.4. The van der Waals surface area contributed by atoms with Gasteiger partial charge in [0.1, 0.15) is 10.1 Å². The summed E-state index contributed by atoms with van der Waals surface area (Å²) in [5, 5.41) is 0. The first-order chi connectivity index (χ1) is 13.8. The van der Waals surface area contributed by atoms with Gasteiger partial charge in [-0.1, -0.05) is 62.4 Å². The molecule has 162 valence electrons. The van der Waals surface area contributed by atoms with Crippen LogP contribution in [0.4, 0.5) is 0 Å². The van der Waals surface area contributed by atoms with Gasteiger partial charge in [-0.05, 0) is 43.9 Å². The van der Waals surface area contributed by atoms with Crippen molar-refractivity contribution < 1.29 is 13.0 Å². The standard InChI is InChI=1S/C17H31P2.C6H6O3S/c1-5-18(6-2)14-15-19(7-3,8-4)16-17-12-10-9-11-13-17;7-10(8,9)6-4-2-1-3-5-6/h9-13H,5-8,14-16H2,1-4H3;1-5H,(H,7,8,9)/q+1;/p-1. The van der Waals surface area contributed by atoms with E-state index in [0.717, 1.165) is 0 Å². The summed E-state index contributed by atoms with van der Waals surface area (Å²) >= 11 is 0. The molecule has 0 saturated carbocycles. The quantitative estimate of drug-likeness (QED) is 0.310. The van der Waals surface area contributed by atoms with Gasteiger partial charge in [-0.2, -0.15) is 0 Å². The Hall–Kier alpha value is -0.790. The monoisotopic (exact) mass is 454 g/mol. The van der Waals surface area contributed by atoms with Gasteiger partial charge < -0.3 is 4.55 Å². The molecule has 2 aromatic rings. The molecule has 0 spiro atoms. The molecule has 0 bridgehead atoms. The minimum absolute atomic E-state index is 0.185. The highest BCUT2D eigenvalue weighted by molar-refractivity contribution is 7.85. The van der Waals surface area contributed by atoms with E-state index in [9.17, 15) is 13.0 Å². The highest BCUT2D eigenvalue weighted by Gasteiger charge is 2.33. The zero-order valence-corrected chi connectivity index (χ0v) is 20.9. The fraction of sp³-hybridized carbons (Fsp3) is 0.478. The Morgan fingerprint density at radius 1 is 0.828 bits per heavy atom. The van der Waals surface area contributed by atoms with Crippen LogP contribution in [0.25, 0.3) is 0 Å². The number of hydrogen-bond donors (Lipinski definition) is 0. The Morgan fingerprint density at radius 3 is 1.69 bits per heavy atom. The molecule has 3 nitrogen and oxygen atoms in total. The van der Waals surface area contributed by atoms with Crippen LogP contribution in [0, 0.1) is 0 Å². The van der Waals surface area contributed by atoms with Crippen molar-refractivity contribution in [3.8, 4) is 0 Å². The molecule has 29 heavy (non-hydrogen) atoms. The molecule has 0 aromatic heterocycles. The van der Waals surface area contributed by atoms with Gasteiger partial charge in [0.25, 0.3) is 0 Å². The molecule has 0 saturated heterocycles. The Bertz CT molecular complexity index is 772. The van der Waals surface area contributed by atoms with Gasteiger partial charge in [-0.15, -0.1) is 7.92 Å². The van der Waals surface area contributed by atoms with Crippen molar-refractivity contribution in [1.82, 2.24) is 0 Å². The topological polar surface area (TPSA) is 57.2 Å². The third-order valence-corrected chi connectivity index (χ3v) is 14.3. The second kappa shape index (κ2) is 13.5. The van der Waals surface area contributed by atoms with E-state index in [0.29, 0.717) is 7.92 Å². The van der Waals surface area contributed by atoms with Crippen molar-refractivity contribution in [3.05, 3.63) is 66.2 Å². The van der Waals surface area contributed by atoms with Crippen molar-refractivity contribution >= 4 is 25.3 Å². The summed E-state index contributed by atoms with van der Waals surface area (Å²) < 4.78 is 30.8. The van der Waals surface area contributed by atoms with Gasteiger partial charge in [0.05, 0.1) is 29.5 Å². The lowest BCUT2D eigenvalue weighted by Gasteiger charge is -2.27. The third-order valence-electron chi connectivity index (χ3n) is 5.52. The van der Waals surface area contributed by atoms with Crippen LogP contribution in [0.15, 0.2) is 65.6 Å². The molecule has 2 rings (SSSR count).